The summed E-state index contributed by atoms with van der Waals surface area (Å²) in [6.45, 7) is 5.70. The lowest BCUT2D eigenvalue weighted by atomic mass is 10.1. The average Bonchev–Trinajstić information content (AvgIpc) is 2.18. The molecule has 82 valence electrons. The van der Waals surface area contributed by atoms with Gasteiger partial charge in [0.05, 0.1) is 0 Å². The Morgan fingerprint density at radius 1 is 1.43 bits per heavy atom. The first-order valence-electron chi connectivity index (χ1n) is 5.28. The van der Waals surface area contributed by atoms with Gasteiger partial charge in [0.25, 0.3) is 0 Å². The molecule has 0 aromatic rings. The molecule has 0 spiro atoms. The highest BCUT2D eigenvalue weighted by molar-refractivity contribution is 5.75. The van der Waals surface area contributed by atoms with Crippen LogP contribution in [-0.2, 0) is 9.53 Å². The van der Waals surface area contributed by atoms with Crippen molar-refractivity contribution in [3.63, 3.8) is 0 Å². The van der Waals surface area contributed by atoms with E-state index in [-0.39, 0.29) is 18.0 Å². The van der Waals surface area contributed by atoms with Gasteiger partial charge in [0.15, 0.2) is 0 Å². The van der Waals surface area contributed by atoms with Crippen molar-refractivity contribution >= 4 is 5.97 Å². The summed E-state index contributed by atoms with van der Waals surface area (Å²) in [4.78, 5) is 11.5. The molecule has 0 amide bonds. The van der Waals surface area contributed by atoms with Crippen LogP contribution in [0, 0.1) is 5.92 Å². The Morgan fingerprint density at radius 2 is 2.00 bits per heavy atom. The Bertz CT molecular complexity index is 189. The third-order valence-electron chi connectivity index (χ3n) is 2.56. The molecule has 1 aliphatic heterocycles. The average molecular weight is 200 g/mol. The number of carbonyl (C=O) groups is 1. The van der Waals surface area contributed by atoms with E-state index in [0.29, 0.717) is 0 Å². The van der Waals surface area contributed by atoms with Crippen molar-refractivity contribution in [2.75, 3.05) is 13.1 Å². The van der Waals surface area contributed by atoms with Crippen LogP contribution in [0.15, 0.2) is 0 Å². The molecular weight excluding hydrogens is 180 g/mol. The summed E-state index contributed by atoms with van der Waals surface area (Å²) >= 11 is 0. The van der Waals surface area contributed by atoms with Crippen molar-refractivity contribution in [3.8, 4) is 0 Å². The van der Waals surface area contributed by atoms with E-state index in [9.17, 15) is 4.79 Å². The zero-order chi connectivity index (χ0) is 10.6. The van der Waals surface area contributed by atoms with Crippen LogP contribution in [-0.4, -0.2) is 31.2 Å². The molecule has 0 aromatic heterocycles. The second-order valence-corrected chi connectivity index (χ2v) is 4.16. The Balaban J connectivity index is 2.31. The van der Waals surface area contributed by atoms with Crippen LogP contribution in [0.1, 0.15) is 26.7 Å². The first-order chi connectivity index (χ1) is 6.61. The molecule has 0 radical (unpaired) electrons. The van der Waals surface area contributed by atoms with Gasteiger partial charge in [0, 0.05) is 0 Å². The Morgan fingerprint density at radius 3 is 2.50 bits per heavy atom. The van der Waals surface area contributed by atoms with E-state index in [1.54, 1.807) is 0 Å². The lowest BCUT2D eigenvalue weighted by Crippen LogP contribution is -2.41. The molecule has 1 heterocycles. The molecular formula is C10H20N2O2. The molecule has 1 fully saturated rings. The summed E-state index contributed by atoms with van der Waals surface area (Å²) in [5.74, 6) is -0.115. The fourth-order valence-corrected chi connectivity index (χ4v) is 1.43. The zero-order valence-corrected chi connectivity index (χ0v) is 8.95. The molecule has 4 nitrogen and oxygen atoms in total. The van der Waals surface area contributed by atoms with Crippen LogP contribution in [0.5, 0.6) is 0 Å². The van der Waals surface area contributed by atoms with Crippen molar-refractivity contribution in [3.05, 3.63) is 0 Å². The summed E-state index contributed by atoms with van der Waals surface area (Å²) in [5, 5.41) is 3.22. The summed E-state index contributed by atoms with van der Waals surface area (Å²) < 4.78 is 5.31. The molecule has 1 aliphatic rings. The number of hydrogen-bond acceptors (Lipinski definition) is 4. The van der Waals surface area contributed by atoms with Crippen molar-refractivity contribution < 1.29 is 9.53 Å². The smallest absolute Gasteiger partial charge is 0.323 e. The maximum Gasteiger partial charge on any atom is 0.323 e. The number of carbonyl (C=O) groups excluding carboxylic acids is 1. The minimum absolute atomic E-state index is 0.0635. The van der Waals surface area contributed by atoms with E-state index >= 15 is 0 Å². The van der Waals surface area contributed by atoms with E-state index in [0.717, 1.165) is 25.9 Å². The van der Waals surface area contributed by atoms with Crippen LogP contribution in [0.25, 0.3) is 0 Å². The van der Waals surface area contributed by atoms with Gasteiger partial charge in [-0.15, -0.1) is 0 Å². The number of nitrogens with two attached hydrogens (primary N) is 1. The topological polar surface area (TPSA) is 64.4 Å². The molecule has 0 bridgehead atoms. The van der Waals surface area contributed by atoms with E-state index in [1.807, 2.05) is 13.8 Å². The van der Waals surface area contributed by atoms with Crippen molar-refractivity contribution in [2.45, 2.75) is 38.8 Å². The molecule has 1 atom stereocenters. The van der Waals surface area contributed by atoms with Crippen LogP contribution >= 0.6 is 0 Å². The molecule has 0 aromatic carbocycles. The summed E-state index contributed by atoms with van der Waals surface area (Å²) in [5.41, 5.74) is 5.69. The number of hydrogen-bond donors (Lipinski definition) is 2. The highest BCUT2D eigenvalue weighted by Gasteiger charge is 2.23. The molecule has 14 heavy (non-hydrogen) atoms. The predicted octanol–water partition coefficient (Wildman–Crippen LogP) is 0.265. The fourth-order valence-electron chi connectivity index (χ4n) is 1.43. The molecule has 1 saturated heterocycles. The van der Waals surface area contributed by atoms with Gasteiger partial charge in [-0.1, -0.05) is 13.8 Å². The summed E-state index contributed by atoms with van der Waals surface area (Å²) in [6, 6.07) is -0.482. The summed E-state index contributed by atoms with van der Waals surface area (Å²) in [7, 11) is 0. The fraction of sp³-hybridized carbons (Fsp3) is 0.900. The first kappa shape index (κ1) is 11.5. The number of esters is 1. The van der Waals surface area contributed by atoms with E-state index in [2.05, 4.69) is 5.32 Å². The normalized spacial score (nSPS) is 20.9. The van der Waals surface area contributed by atoms with Gasteiger partial charge in [-0.05, 0) is 31.8 Å². The molecule has 3 N–H and O–H groups in total. The maximum absolute atomic E-state index is 11.5. The van der Waals surface area contributed by atoms with Crippen LogP contribution in [0.3, 0.4) is 0 Å². The third-order valence-corrected chi connectivity index (χ3v) is 2.56. The number of ether oxygens (including phenoxy) is 1. The van der Waals surface area contributed by atoms with Crippen molar-refractivity contribution in [1.82, 2.24) is 5.32 Å². The minimum atomic E-state index is -0.482. The highest BCUT2D eigenvalue weighted by atomic mass is 16.5. The quantitative estimate of drug-likeness (QED) is 0.642. The molecule has 0 aliphatic carbocycles. The van der Waals surface area contributed by atoms with Crippen molar-refractivity contribution in [2.24, 2.45) is 11.7 Å². The first-order valence-corrected chi connectivity index (χ1v) is 5.28. The highest BCUT2D eigenvalue weighted by Crippen LogP contribution is 2.10. The third kappa shape index (κ3) is 3.27. The van der Waals surface area contributed by atoms with Gasteiger partial charge in [0.2, 0.25) is 0 Å². The SMILES string of the molecule is CC(C)C(N)C(=O)OC1CCNCC1. The van der Waals surface area contributed by atoms with Gasteiger partial charge < -0.3 is 15.8 Å². The van der Waals surface area contributed by atoms with E-state index in [4.69, 9.17) is 10.5 Å². The lowest BCUT2D eigenvalue weighted by Gasteiger charge is -2.25. The number of piperidine rings is 1. The Labute approximate surface area is 85.2 Å². The summed E-state index contributed by atoms with van der Waals surface area (Å²) in [6.07, 6.45) is 1.86. The standard InChI is InChI=1S/C10H20N2O2/c1-7(2)9(11)10(13)14-8-3-5-12-6-4-8/h7-9,12H,3-6,11H2,1-2H3. The van der Waals surface area contributed by atoms with E-state index in [1.165, 1.54) is 0 Å². The Hall–Kier alpha value is -0.610. The van der Waals surface area contributed by atoms with E-state index < -0.39 is 6.04 Å². The largest absolute Gasteiger partial charge is 0.461 e. The van der Waals surface area contributed by atoms with Crippen molar-refractivity contribution in [1.29, 1.82) is 0 Å². The predicted molar refractivity (Wildman–Crippen MR) is 54.8 cm³/mol. The second-order valence-electron chi connectivity index (χ2n) is 4.16. The van der Waals surface area contributed by atoms with Gasteiger partial charge >= 0.3 is 5.97 Å². The maximum atomic E-state index is 11.5. The van der Waals surface area contributed by atoms with Gasteiger partial charge in [-0.3, -0.25) is 4.79 Å². The van der Waals surface area contributed by atoms with Gasteiger partial charge in [0.1, 0.15) is 12.1 Å². The monoisotopic (exact) mass is 200 g/mol. The van der Waals surface area contributed by atoms with Gasteiger partial charge in [-0.2, -0.15) is 0 Å². The zero-order valence-electron chi connectivity index (χ0n) is 8.95. The van der Waals surface area contributed by atoms with Gasteiger partial charge in [-0.25, -0.2) is 0 Å². The Kier molecular flexibility index (Phi) is 4.35. The molecule has 4 heteroatoms. The number of rotatable bonds is 3. The molecule has 1 unspecified atom stereocenters. The number of nitrogens with one attached hydrogen (secondary N) is 1. The van der Waals surface area contributed by atoms with Crippen LogP contribution in [0.4, 0.5) is 0 Å². The molecule has 1 rings (SSSR count). The van der Waals surface area contributed by atoms with Crippen LogP contribution < -0.4 is 11.1 Å². The lowest BCUT2D eigenvalue weighted by molar-refractivity contribution is -0.152. The minimum Gasteiger partial charge on any atom is -0.461 e. The van der Waals surface area contributed by atoms with Crippen LogP contribution in [0.2, 0.25) is 0 Å². The second kappa shape index (κ2) is 5.32. The molecule has 0 saturated carbocycles.